The number of para-hydroxylation sites is 1. The van der Waals surface area contributed by atoms with E-state index >= 15 is 0 Å². The maximum absolute atomic E-state index is 6.11. The van der Waals surface area contributed by atoms with E-state index < -0.39 is 0 Å². The average Bonchev–Trinajstić information content (AvgIpc) is 2.88. The van der Waals surface area contributed by atoms with Gasteiger partial charge in [0.15, 0.2) is 0 Å². The van der Waals surface area contributed by atoms with E-state index in [2.05, 4.69) is 57.3 Å². The van der Waals surface area contributed by atoms with Crippen LogP contribution in [-0.2, 0) is 19.5 Å². The van der Waals surface area contributed by atoms with Gasteiger partial charge in [0.25, 0.3) is 0 Å². The van der Waals surface area contributed by atoms with Crippen LogP contribution in [0.5, 0.6) is 5.75 Å². The summed E-state index contributed by atoms with van der Waals surface area (Å²) in [6, 6.07) is 8.76. The minimum Gasteiger partial charge on any atom is -0.487 e. The molecule has 3 heteroatoms. The van der Waals surface area contributed by atoms with Crippen molar-refractivity contribution in [2.75, 3.05) is 0 Å². The monoisotopic (exact) mass is 301 g/mol. The third-order valence-electron chi connectivity index (χ3n) is 4.00. The summed E-state index contributed by atoms with van der Waals surface area (Å²) >= 11 is 1.88. The van der Waals surface area contributed by atoms with Crippen molar-refractivity contribution in [2.45, 2.75) is 52.8 Å². The molecular weight excluding hydrogens is 278 g/mol. The summed E-state index contributed by atoms with van der Waals surface area (Å²) in [4.78, 5) is 2.82. The Balaban J connectivity index is 1.66. The summed E-state index contributed by atoms with van der Waals surface area (Å²) in [6.45, 7) is 10.4. The average molecular weight is 301 g/mol. The van der Waals surface area contributed by atoms with Gasteiger partial charge in [0.2, 0.25) is 0 Å². The van der Waals surface area contributed by atoms with Crippen LogP contribution in [-0.4, -0.2) is 5.60 Å². The van der Waals surface area contributed by atoms with Crippen LogP contribution >= 0.6 is 11.3 Å². The molecule has 2 nitrogen and oxygen atoms in total. The Hall–Kier alpha value is -1.32. The molecule has 2 aromatic rings. The van der Waals surface area contributed by atoms with Crippen molar-refractivity contribution < 1.29 is 4.74 Å². The summed E-state index contributed by atoms with van der Waals surface area (Å²) in [5.41, 5.74) is 3.92. The van der Waals surface area contributed by atoms with Gasteiger partial charge in [-0.1, -0.05) is 18.2 Å². The molecule has 2 heterocycles. The minimum absolute atomic E-state index is 0.0690. The van der Waals surface area contributed by atoms with Crippen LogP contribution in [0.3, 0.4) is 0 Å². The number of aryl methyl sites for hydroxylation is 2. The number of ether oxygens (including phenoxy) is 1. The van der Waals surface area contributed by atoms with Crippen molar-refractivity contribution in [3.63, 3.8) is 0 Å². The van der Waals surface area contributed by atoms with Crippen LogP contribution in [0.1, 0.15) is 40.3 Å². The van der Waals surface area contributed by atoms with E-state index in [-0.39, 0.29) is 5.60 Å². The minimum atomic E-state index is -0.0690. The van der Waals surface area contributed by atoms with Crippen LogP contribution < -0.4 is 10.1 Å². The molecule has 0 saturated carbocycles. The first-order valence-electron chi connectivity index (χ1n) is 7.51. The van der Waals surface area contributed by atoms with Gasteiger partial charge in [-0.2, -0.15) is 0 Å². The van der Waals surface area contributed by atoms with E-state index in [0.717, 1.165) is 25.3 Å². The molecule has 0 unspecified atom stereocenters. The first-order chi connectivity index (χ1) is 9.94. The van der Waals surface area contributed by atoms with Gasteiger partial charge in [0.05, 0.1) is 0 Å². The van der Waals surface area contributed by atoms with E-state index in [4.69, 9.17) is 4.74 Å². The van der Waals surface area contributed by atoms with Gasteiger partial charge in [0.1, 0.15) is 11.4 Å². The summed E-state index contributed by atoms with van der Waals surface area (Å²) < 4.78 is 6.11. The highest BCUT2D eigenvalue weighted by molar-refractivity contribution is 7.12. The lowest BCUT2D eigenvalue weighted by molar-refractivity contribution is 0.137. The number of hydrogen-bond donors (Lipinski definition) is 1. The molecular formula is C18H23NOS. The smallest absolute Gasteiger partial charge is 0.127 e. The lowest BCUT2D eigenvalue weighted by Gasteiger charge is -2.18. The SMILES string of the molecule is Cc1cc(CNCc2cccc3c2OC(C)(C)C3)sc1C. The van der Waals surface area contributed by atoms with Crippen molar-refractivity contribution >= 4 is 11.3 Å². The molecule has 1 aliphatic heterocycles. The molecule has 112 valence electrons. The molecule has 0 fully saturated rings. The Bertz CT molecular complexity index is 638. The predicted molar refractivity (Wildman–Crippen MR) is 89.2 cm³/mol. The Labute approximate surface area is 131 Å². The zero-order chi connectivity index (χ0) is 15.0. The normalized spacial score (nSPS) is 15.8. The second-order valence-electron chi connectivity index (χ2n) is 6.50. The zero-order valence-corrected chi connectivity index (χ0v) is 14.1. The molecule has 1 aromatic carbocycles. The molecule has 1 aromatic heterocycles. The van der Waals surface area contributed by atoms with Gasteiger partial charge < -0.3 is 10.1 Å². The molecule has 0 aliphatic carbocycles. The summed E-state index contributed by atoms with van der Waals surface area (Å²) in [5, 5.41) is 3.55. The summed E-state index contributed by atoms with van der Waals surface area (Å²) in [6.07, 6.45) is 0.999. The van der Waals surface area contributed by atoms with Gasteiger partial charge in [-0.05, 0) is 44.9 Å². The molecule has 0 saturated heterocycles. The Morgan fingerprint density at radius 3 is 2.76 bits per heavy atom. The third kappa shape index (κ3) is 3.14. The van der Waals surface area contributed by atoms with Gasteiger partial charge in [-0.15, -0.1) is 11.3 Å². The Morgan fingerprint density at radius 2 is 2.05 bits per heavy atom. The topological polar surface area (TPSA) is 21.3 Å². The van der Waals surface area contributed by atoms with E-state index in [1.54, 1.807) is 0 Å². The number of nitrogens with one attached hydrogen (secondary N) is 1. The highest BCUT2D eigenvalue weighted by Crippen LogP contribution is 2.37. The van der Waals surface area contributed by atoms with Gasteiger partial charge in [0, 0.05) is 34.8 Å². The maximum Gasteiger partial charge on any atom is 0.127 e. The van der Waals surface area contributed by atoms with Crippen molar-refractivity contribution in [2.24, 2.45) is 0 Å². The van der Waals surface area contributed by atoms with Crippen molar-refractivity contribution in [1.82, 2.24) is 5.32 Å². The van der Waals surface area contributed by atoms with Crippen LogP contribution in [0.4, 0.5) is 0 Å². The number of fused-ring (bicyclic) bond motifs is 1. The zero-order valence-electron chi connectivity index (χ0n) is 13.2. The second-order valence-corrected chi connectivity index (χ2v) is 7.84. The van der Waals surface area contributed by atoms with E-state index in [1.807, 2.05) is 11.3 Å². The molecule has 0 atom stereocenters. The third-order valence-corrected chi connectivity index (χ3v) is 5.16. The lowest BCUT2D eigenvalue weighted by Crippen LogP contribution is -2.25. The predicted octanol–water partition coefficient (Wildman–Crippen LogP) is 4.37. The Kier molecular flexibility index (Phi) is 3.80. The summed E-state index contributed by atoms with van der Waals surface area (Å²) in [7, 11) is 0. The number of thiophene rings is 1. The molecule has 0 radical (unpaired) electrons. The second kappa shape index (κ2) is 5.47. The fourth-order valence-electron chi connectivity index (χ4n) is 2.88. The van der Waals surface area contributed by atoms with Crippen molar-refractivity contribution in [3.05, 3.63) is 50.7 Å². The van der Waals surface area contributed by atoms with E-state index in [9.17, 15) is 0 Å². The quantitative estimate of drug-likeness (QED) is 0.905. The molecule has 0 bridgehead atoms. The standard InChI is InChI=1S/C18H23NOS/c1-12-8-16(21-13(12)2)11-19-10-15-7-5-6-14-9-18(3,4)20-17(14)15/h5-8,19H,9-11H2,1-4H3. The van der Waals surface area contributed by atoms with Gasteiger partial charge in [-0.25, -0.2) is 0 Å². The lowest BCUT2D eigenvalue weighted by atomic mass is 10.0. The van der Waals surface area contributed by atoms with Gasteiger partial charge in [-0.3, -0.25) is 0 Å². The molecule has 0 amide bonds. The Morgan fingerprint density at radius 1 is 1.24 bits per heavy atom. The highest BCUT2D eigenvalue weighted by atomic mass is 32.1. The first kappa shape index (κ1) is 14.6. The van der Waals surface area contributed by atoms with Gasteiger partial charge >= 0.3 is 0 Å². The summed E-state index contributed by atoms with van der Waals surface area (Å²) in [5.74, 6) is 1.09. The molecule has 0 spiro atoms. The van der Waals surface area contributed by atoms with Crippen molar-refractivity contribution in [1.29, 1.82) is 0 Å². The first-order valence-corrected chi connectivity index (χ1v) is 8.33. The van der Waals surface area contributed by atoms with Crippen LogP contribution in [0.2, 0.25) is 0 Å². The molecule has 1 aliphatic rings. The molecule has 21 heavy (non-hydrogen) atoms. The maximum atomic E-state index is 6.11. The van der Waals surface area contributed by atoms with Crippen LogP contribution in [0, 0.1) is 13.8 Å². The van der Waals surface area contributed by atoms with Crippen LogP contribution in [0.15, 0.2) is 24.3 Å². The fourth-order valence-corrected chi connectivity index (χ4v) is 3.90. The largest absolute Gasteiger partial charge is 0.487 e. The fraction of sp³-hybridized carbons (Fsp3) is 0.444. The number of rotatable bonds is 4. The van der Waals surface area contributed by atoms with E-state index in [0.29, 0.717) is 0 Å². The molecule has 1 N–H and O–H groups in total. The van der Waals surface area contributed by atoms with Crippen LogP contribution in [0.25, 0.3) is 0 Å². The highest BCUT2D eigenvalue weighted by Gasteiger charge is 2.31. The van der Waals surface area contributed by atoms with Crippen molar-refractivity contribution in [3.8, 4) is 5.75 Å². The molecule has 3 rings (SSSR count). The number of hydrogen-bond acceptors (Lipinski definition) is 3. The van der Waals surface area contributed by atoms with E-state index in [1.165, 1.54) is 26.4 Å². The number of benzene rings is 1.